The number of rotatable bonds is 5. The Balaban J connectivity index is 2.55. The topological polar surface area (TPSA) is 12.0 Å². The van der Waals surface area contributed by atoms with Crippen molar-refractivity contribution in [3.05, 3.63) is 35.9 Å². The largest absolute Gasteiger partial charge is 0.310 e. The van der Waals surface area contributed by atoms with Crippen molar-refractivity contribution in [1.29, 1.82) is 0 Å². The van der Waals surface area contributed by atoms with E-state index in [1.165, 1.54) is 5.56 Å². The summed E-state index contributed by atoms with van der Waals surface area (Å²) in [6.07, 6.45) is 1.14. The van der Waals surface area contributed by atoms with E-state index in [2.05, 4.69) is 70.3 Å². The van der Waals surface area contributed by atoms with E-state index < -0.39 is 0 Å². The van der Waals surface area contributed by atoms with Crippen LogP contribution in [0, 0.1) is 11.3 Å². The molecule has 1 heteroatoms. The Morgan fingerprint density at radius 1 is 1.12 bits per heavy atom. The van der Waals surface area contributed by atoms with E-state index in [0.29, 0.717) is 17.4 Å². The van der Waals surface area contributed by atoms with Gasteiger partial charge in [-0.15, -0.1) is 0 Å². The Morgan fingerprint density at radius 2 is 1.71 bits per heavy atom. The van der Waals surface area contributed by atoms with Gasteiger partial charge in [0.15, 0.2) is 0 Å². The Morgan fingerprint density at radius 3 is 2.18 bits per heavy atom. The zero-order valence-electron chi connectivity index (χ0n) is 12.0. The fraction of sp³-hybridized carbons (Fsp3) is 0.625. The Labute approximate surface area is 107 Å². The number of hydrogen-bond donors (Lipinski definition) is 1. The molecule has 0 aromatic heterocycles. The summed E-state index contributed by atoms with van der Waals surface area (Å²) in [5, 5.41) is 3.69. The highest BCUT2D eigenvalue weighted by molar-refractivity contribution is 5.18. The van der Waals surface area contributed by atoms with Crippen LogP contribution >= 0.6 is 0 Å². The van der Waals surface area contributed by atoms with Crippen LogP contribution in [0.25, 0.3) is 0 Å². The van der Waals surface area contributed by atoms with Crippen LogP contribution in [0.1, 0.15) is 52.6 Å². The van der Waals surface area contributed by atoms with Crippen molar-refractivity contribution < 1.29 is 0 Å². The maximum atomic E-state index is 3.69. The normalized spacial score (nSPS) is 15.6. The molecule has 0 heterocycles. The molecule has 0 aliphatic rings. The summed E-state index contributed by atoms with van der Waals surface area (Å²) in [7, 11) is 0. The minimum atomic E-state index is 0.377. The van der Waals surface area contributed by atoms with E-state index in [0.717, 1.165) is 13.0 Å². The number of benzene rings is 1. The highest BCUT2D eigenvalue weighted by Crippen LogP contribution is 2.25. The SMILES string of the molecule is CCC(NCC(C)C(C)(C)C)c1ccccc1. The molecule has 1 aromatic carbocycles. The minimum Gasteiger partial charge on any atom is -0.310 e. The van der Waals surface area contributed by atoms with Crippen LogP contribution in [-0.2, 0) is 0 Å². The van der Waals surface area contributed by atoms with Crippen LogP contribution < -0.4 is 5.32 Å². The van der Waals surface area contributed by atoms with Crippen LogP contribution in [-0.4, -0.2) is 6.54 Å². The molecule has 0 bridgehead atoms. The molecule has 1 aromatic rings. The Kier molecular flexibility index (Phi) is 5.20. The molecule has 0 radical (unpaired) electrons. The molecule has 0 saturated carbocycles. The second-order valence-electron chi connectivity index (χ2n) is 6.05. The maximum absolute atomic E-state index is 3.69. The fourth-order valence-electron chi connectivity index (χ4n) is 1.81. The molecule has 1 rings (SSSR count). The second kappa shape index (κ2) is 6.20. The van der Waals surface area contributed by atoms with Crippen LogP contribution in [0.2, 0.25) is 0 Å². The summed E-state index contributed by atoms with van der Waals surface area (Å²) >= 11 is 0. The average Bonchev–Trinajstić information content (AvgIpc) is 2.29. The first-order valence-electron chi connectivity index (χ1n) is 6.73. The number of nitrogens with one attached hydrogen (secondary N) is 1. The predicted molar refractivity (Wildman–Crippen MR) is 76.1 cm³/mol. The molecule has 0 aliphatic carbocycles. The number of hydrogen-bond acceptors (Lipinski definition) is 1. The van der Waals surface area contributed by atoms with Gasteiger partial charge < -0.3 is 5.32 Å². The Bertz CT molecular complexity index is 310. The molecular formula is C16H27N. The molecule has 17 heavy (non-hydrogen) atoms. The van der Waals surface area contributed by atoms with Crippen molar-refractivity contribution in [2.75, 3.05) is 6.54 Å². The maximum Gasteiger partial charge on any atom is 0.0317 e. The lowest BCUT2D eigenvalue weighted by Gasteiger charge is -2.29. The highest BCUT2D eigenvalue weighted by Gasteiger charge is 2.20. The lowest BCUT2D eigenvalue weighted by molar-refractivity contribution is 0.244. The van der Waals surface area contributed by atoms with E-state index in [-0.39, 0.29) is 0 Å². The van der Waals surface area contributed by atoms with E-state index in [9.17, 15) is 0 Å². The lowest BCUT2D eigenvalue weighted by atomic mass is 9.82. The van der Waals surface area contributed by atoms with Gasteiger partial charge in [0.2, 0.25) is 0 Å². The van der Waals surface area contributed by atoms with Crippen molar-refractivity contribution in [3.8, 4) is 0 Å². The first-order valence-corrected chi connectivity index (χ1v) is 6.73. The van der Waals surface area contributed by atoms with Gasteiger partial charge in [-0.2, -0.15) is 0 Å². The molecule has 2 atom stereocenters. The van der Waals surface area contributed by atoms with Gasteiger partial charge in [0.1, 0.15) is 0 Å². The van der Waals surface area contributed by atoms with Gasteiger partial charge in [-0.25, -0.2) is 0 Å². The Hall–Kier alpha value is -0.820. The molecule has 0 amide bonds. The van der Waals surface area contributed by atoms with Gasteiger partial charge in [0.25, 0.3) is 0 Å². The summed E-state index contributed by atoms with van der Waals surface area (Å²) in [5.41, 5.74) is 1.78. The third-order valence-electron chi connectivity index (χ3n) is 3.76. The molecule has 2 unspecified atom stereocenters. The zero-order valence-corrected chi connectivity index (χ0v) is 12.0. The summed E-state index contributed by atoms with van der Waals surface area (Å²) < 4.78 is 0. The van der Waals surface area contributed by atoms with Crippen molar-refractivity contribution in [1.82, 2.24) is 5.32 Å². The zero-order chi connectivity index (χ0) is 12.9. The van der Waals surface area contributed by atoms with Gasteiger partial charge in [-0.05, 0) is 29.9 Å². The molecule has 96 valence electrons. The van der Waals surface area contributed by atoms with E-state index in [1.807, 2.05) is 0 Å². The average molecular weight is 233 g/mol. The third-order valence-corrected chi connectivity index (χ3v) is 3.76. The standard InChI is InChI=1S/C16H27N/c1-6-15(14-10-8-7-9-11-14)17-12-13(2)16(3,4)5/h7-11,13,15,17H,6,12H2,1-5H3. The summed E-state index contributed by atoms with van der Waals surface area (Å²) in [4.78, 5) is 0. The van der Waals surface area contributed by atoms with E-state index in [4.69, 9.17) is 0 Å². The van der Waals surface area contributed by atoms with Crippen molar-refractivity contribution in [3.63, 3.8) is 0 Å². The fourth-order valence-corrected chi connectivity index (χ4v) is 1.81. The van der Waals surface area contributed by atoms with Crippen molar-refractivity contribution in [2.24, 2.45) is 11.3 Å². The van der Waals surface area contributed by atoms with Gasteiger partial charge in [-0.3, -0.25) is 0 Å². The van der Waals surface area contributed by atoms with Gasteiger partial charge in [0.05, 0.1) is 0 Å². The monoisotopic (exact) mass is 233 g/mol. The lowest BCUT2D eigenvalue weighted by Crippen LogP contribution is -2.32. The molecule has 1 nitrogen and oxygen atoms in total. The molecule has 0 spiro atoms. The smallest absolute Gasteiger partial charge is 0.0317 e. The molecule has 0 aliphatic heterocycles. The van der Waals surface area contributed by atoms with Crippen molar-refractivity contribution in [2.45, 2.75) is 47.1 Å². The van der Waals surface area contributed by atoms with Crippen LogP contribution in [0.4, 0.5) is 0 Å². The summed E-state index contributed by atoms with van der Waals surface area (Å²) in [5.74, 6) is 0.681. The van der Waals surface area contributed by atoms with E-state index in [1.54, 1.807) is 0 Å². The summed E-state index contributed by atoms with van der Waals surface area (Å²) in [6.45, 7) is 12.6. The van der Waals surface area contributed by atoms with Gasteiger partial charge in [0, 0.05) is 6.04 Å². The first-order chi connectivity index (χ1) is 7.95. The predicted octanol–water partition coefficient (Wildman–Crippen LogP) is 4.41. The first kappa shape index (κ1) is 14.2. The van der Waals surface area contributed by atoms with Crippen LogP contribution in [0.5, 0.6) is 0 Å². The second-order valence-corrected chi connectivity index (χ2v) is 6.05. The van der Waals surface area contributed by atoms with Crippen LogP contribution in [0.15, 0.2) is 30.3 Å². The van der Waals surface area contributed by atoms with Gasteiger partial charge in [-0.1, -0.05) is 65.0 Å². The minimum absolute atomic E-state index is 0.377. The molecular weight excluding hydrogens is 206 g/mol. The van der Waals surface area contributed by atoms with Crippen LogP contribution in [0.3, 0.4) is 0 Å². The molecule has 0 fully saturated rings. The molecule has 1 N–H and O–H groups in total. The molecule has 0 saturated heterocycles. The quantitative estimate of drug-likeness (QED) is 0.794. The van der Waals surface area contributed by atoms with Crippen molar-refractivity contribution >= 4 is 0 Å². The highest BCUT2D eigenvalue weighted by atomic mass is 14.9. The summed E-state index contributed by atoms with van der Waals surface area (Å²) in [6, 6.07) is 11.2. The third kappa shape index (κ3) is 4.51. The van der Waals surface area contributed by atoms with Gasteiger partial charge >= 0.3 is 0 Å². The van der Waals surface area contributed by atoms with E-state index >= 15 is 0 Å².